The van der Waals surface area contributed by atoms with Gasteiger partial charge in [0.2, 0.25) is 0 Å². The summed E-state index contributed by atoms with van der Waals surface area (Å²) in [7, 11) is 0. The maximum Gasteiger partial charge on any atom is 0.161 e. The summed E-state index contributed by atoms with van der Waals surface area (Å²) in [5, 5.41) is 0.546. The highest BCUT2D eigenvalue weighted by atomic mass is 79.9. The number of hydrogen-bond acceptors (Lipinski definition) is 0. The number of alkyl halides is 1. The molecule has 2 aromatic rings. The minimum absolute atomic E-state index is 0.0382. The Morgan fingerprint density at radius 2 is 1.44 bits per heavy atom. The monoisotopic (exact) mass is 334 g/mol. The fourth-order valence-electron chi connectivity index (χ4n) is 1.54. The highest BCUT2D eigenvalue weighted by molar-refractivity contribution is 9.09. The SMILES string of the molecule is Fc1cc(F)c(C(Br)c2ccc(Cl)cc2)cc1F. The lowest BCUT2D eigenvalue weighted by Gasteiger charge is -2.12. The van der Waals surface area contributed by atoms with Crippen LogP contribution in [0.3, 0.4) is 0 Å². The van der Waals surface area contributed by atoms with Crippen LogP contribution < -0.4 is 0 Å². The lowest BCUT2D eigenvalue weighted by Crippen LogP contribution is -1.99. The van der Waals surface area contributed by atoms with Crippen LogP contribution in [0.5, 0.6) is 0 Å². The van der Waals surface area contributed by atoms with Crippen molar-refractivity contribution >= 4 is 27.5 Å². The standard InChI is InChI=1S/C13H7BrClF3/c14-13(7-1-3-8(15)4-2-7)9-5-11(17)12(18)6-10(9)16/h1-6,13H. The van der Waals surface area contributed by atoms with E-state index < -0.39 is 22.3 Å². The van der Waals surface area contributed by atoms with Gasteiger partial charge in [0.05, 0.1) is 4.83 Å². The van der Waals surface area contributed by atoms with Gasteiger partial charge < -0.3 is 0 Å². The number of hydrogen-bond donors (Lipinski definition) is 0. The van der Waals surface area contributed by atoms with Crippen LogP contribution in [-0.2, 0) is 0 Å². The third-order valence-electron chi connectivity index (χ3n) is 2.48. The normalized spacial score (nSPS) is 12.5. The highest BCUT2D eigenvalue weighted by Crippen LogP contribution is 2.33. The maximum absolute atomic E-state index is 13.6. The summed E-state index contributed by atoms with van der Waals surface area (Å²) in [6.45, 7) is 0. The molecule has 0 N–H and O–H groups in total. The van der Waals surface area contributed by atoms with Crippen LogP contribution in [0.4, 0.5) is 13.2 Å². The van der Waals surface area contributed by atoms with Crippen molar-refractivity contribution < 1.29 is 13.2 Å². The fourth-order valence-corrected chi connectivity index (χ4v) is 2.33. The first-order valence-corrected chi connectivity index (χ1v) is 6.32. The molecule has 2 aromatic carbocycles. The zero-order valence-corrected chi connectivity index (χ0v) is 11.3. The van der Waals surface area contributed by atoms with Crippen LogP contribution in [-0.4, -0.2) is 0 Å². The van der Waals surface area contributed by atoms with Gasteiger partial charge in [-0.15, -0.1) is 0 Å². The second-order valence-electron chi connectivity index (χ2n) is 3.70. The van der Waals surface area contributed by atoms with Crippen molar-refractivity contribution in [1.29, 1.82) is 0 Å². The molecule has 0 fully saturated rings. The molecule has 0 nitrogen and oxygen atoms in total. The summed E-state index contributed by atoms with van der Waals surface area (Å²) in [5.74, 6) is -3.08. The summed E-state index contributed by atoms with van der Waals surface area (Å²) in [4.78, 5) is -0.565. The molecule has 0 heterocycles. The number of benzene rings is 2. The van der Waals surface area contributed by atoms with Crippen LogP contribution in [0.15, 0.2) is 36.4 Å². The van der Waals surface area contributed by atoms with E-state index in [0.717, 1.165) is 6.07 Å². The van der Waals surface area contributed by atoms with Crippen molar-refractivity contribution in [3.63, 3.8) is 0 Å². The van der Waals surface area contributed by atoms with Gasteiger partial charge in [0.15, 0.2) is 11.6 Å². The van der Waals surface area contributed by atoms with Crippen LogP contribution in [0.1, 0.15) is 16.0 Å². The summed E-state index contributed by atoms with van der Waals surface area (Å²) in [5.41, 5.74) is 0.737. The van der Waals surface area contributed by atoms with Gasteiger partial charge in [-0.05, 0) is 23.8 Å². The van der Waals surface area contributed by atoms with E-state index in [2.05, 4.69) is 15.9 Å². The van der Waals surface area contributed by atoms with E-state index in [9.17, 15) is 13.2 Å². The molecular formula is C13H7BrClF3. The van der Waals surface area contributed by atoms with Crippen molar-refractivity contribution in [1.82, 2.24) is 0 Å². The van der Waals surface area contributed by atoms with Crippen molar-refractivity contribution in [3.8, 4) is 0 Å². The molecule has 18 heavy (non-hydrogen) atoms. The Bertz CT molecular complexity index is 569. The highest BCUT2D eigenvalue weighted by Gasteiger charge is 2.18. The predicted molar refractivity (Wildman–Crippen MR) is 68.5 cm³/mol. The molecule has 2 rings (SSSR count). The van der Waals surface area contributed by atoms with E-state index in [-0.39, 0.29) is 5.56 Å². The molecule has 0 radical (unpaired) electrons. The van der Waals surface area contributed by atoms with E-state index in [0.29, 0.717) is 16.7 Å². The van der Waals surface area contributed by atoms with Gasteiger partial charge >= 0.3 is 0 Å². The lowest BCUT2D eigenvalue weighted by atomic mass is 10.0. The first-order chi connectivity index (χ1) is 8.49. The molecule has 1 unspecified atom stereocenters. The van der Waals surface area contributed by atoms with E-state index in [1.165, 1.54) is 0 Å². The van der Waals surface area contributed by atoms with Crippen molar-refractivity contribution in [2.75, 3.05) is 0 Å². The maximum atomic E-state index is 13.6. The second-order valence-corrected chi connectivity index (χ2v) is 5.05. The molecule has 94 valence electrons. The van der Waals surface area contributed by atoms with Gasteiger partial charge in [0, 0.05) is 16.7 Å². The van der Waals surface area contributed by atoms with E-state index in [1.54, 1.807) is 24.3 Å². The number of rotatable bonds is 2. The zero-order chi connectivity index (χ0) is 13.3. The van der Waals surface area contributed by atoms with Gasteiger partial charge in [-0.2, -0.15) is 0 Å². The van der Waals surface area contributed by atoms with Gasteiger partial charge in [-0.25, -0.2) is 13.2 Å². The van der Waals surface area contributed by atoms with Gasteiger partial charge in [0.1, 0.15) is 5.82 Å². The Labute approximate surface area is 116 Å². The molecule has 0 aliphatic heterocycles. The Morgan fingerprint density at radius 1 is 0.889 bits per heavy atom. The zero-order valence-electron chi connectivity index (χ0n) is 8.93. The third kappa shape index (κ3) is 2.70. The molecule has 0 spiro atoms. The van der Waals surface area contributed by atoms with Crippen LogP contribution in [0.2, 0.25) is 5.02 Å². The fraction of sp³-hybridized carbons (Fsp3) is 0.0769. The first kappa shape index (κ1) is 13.4. The largest absolute Gasteiger partial charge is 0.207 e. The summed E-state index contributed by atoms with van der Waals surface area (Å²) >= 11 is 9.00. The number of halogens is 5. The Morgan fingerprint density at radius 3 is 2.06 bits per heavy atom. The molecule has 0 aliphatic carbocycles. The molecule has 0 saturated heterocycles. The van der Waals surface area contributed by atoms with Gasteiger partial charge in [-0.3, -0.25) is 0 Å². The van der Waals surface area contributed by atoms with Crippen LogP contribution in [0.25, 0.3) is 0 Å². The topological polar surface area (TPSA) is 0 Å². The second kappa shape index (κ2) is 5.33. The summed E-state index contributed by atoms with van der Waals surface area (Å²) < 4.78 is 39.5. The smallest absolute Gasteiger partial charge is 0.161 e. The molecule has 0 aliphatic rings. The van der Waals surface area contributed by atoms with Gasteiger partial charge in [0.25, 0.3) is 0 Å². The van der Waals surface area contributed by atoms with E-state index in [4.69, 9.17) is 11.6 Å². The van der Waals surface area contributed by atoms with E-state index in [1.807, 2.05) is 0 Å². The van der Waals surface area contributed by atoms with Crippen LogP contribution in [0, 0.1) is 17.5 Å². The molecular weight excluding hydrogens is 328 g/mol. The molecule has 0 aromatic heterocycles. The lowest BCUT2D eigenvalue weighted by molar-refractivity contribution is 0.491. The molecule has 5 heteroatoms. The Hall–Kier alpha value is -1.00. The summed E-state index contributed by atoms with van der Waals surface area (Å²) in [6, 6.07) is 8.03. The molecule has 0 saturated carbocycles. The molecule has 0 amide bonds. The third-order valence-corrected chi connectivity index (χ3v) is 3.75. The summed E-state index contributed by atoms with van der Waals surface area (Å²) in [6.07, 6.45) is 0. The van der Waals surface area contributed by atoms with Crippen LogP contribution >= 0.6 is 27.5 Å². The Kier molecular flexibility index (Phi) is 3.97. The van der Waals surface area contributed by atoms with E-state index >= 15 is 0 Å². The van der Waals surface area contributed by atoms with Gasteiger partial charge in [-0.1, -0.05) is 39.7 Å². The quantitative estimate of drug-likeness (QED) is 0.520. The first-order valence-electron chi connectivity index (χ1n) is 5.03. The molecule has 0 bridgehead atoms. The average molecular weight is 336 g/mol. The molecule has 1 atom stereocenters. The van der Waals surface area contributed by atoms with Crippen molar-refractivity contribution in [3.05, 3.63) is 70.0 Å². The van der Waals surface area contributed by atoms with Crippen molar-refractivity contribution in [2.24, 2.45) is 0 Å². The van der Waals surface area contributed by atoms with Crippen molar-refractivity contribution in [2.45, 2.75) is 4.83 Å². The average Bonchev–Trinajstić information content (AvgIpc) is 2.34. The minimum Gasteiger partial charge on any atom is -0.207 e. The Balaban J connectivity index is 2.42. The predicted octanol–water partition coefficient (Wildman–Crippen LogP) is 5.24. The minimum atomic E-state index is -1.20.